The molecule has 4 aromatic rings. The summed E-state index contributed by atoms with van der Waals surface area (Å²) in [5, 5.41) is 27.6. The number of phenolic OH excluding ortho intramolecular Hbond substituents is 2. The van der Waals surface area contributed by atoms with Crippen LogP contribution in [0, 0.1) is 0 Å². The summed E-state index contributed by atoms with van der Waals surface area (Å²) in [6.45, 7) is 3.83. The Morgan fingerprint density at radius 2 is 1.50 bits per heavy atom. The topological polar surface area (TPSA) is 69.6 Å². The minimum Gasteiger partial charge on any atom is -0.507 e. The normalized spacial score (nSPS) is 10.9. The summed E-state index contributed by atoms with van der Waals surface area (Å²) >= 11 is 0. The van der Waals surface area contributed by atoms with Crippen molar-refractivity contribution in [3.63, 3.8) is 0 Å². The Kier molecular flexibility index (Phi) is 4.45. The molecule has 0 aliphatic rings. The average molecular weight is 369 g/mol. The van der Waals surface area contributed by atoms with E-state index < -0.39 is 0 Å². The lowest BCUT2D eigenvalue weighted by Gasteiger charge is -2.15. The van der Waals surface area contributed by atoms with E-state index in [-0.39, 0.29) is 17.4 Å². The van der Waals surface area contributed by atoms with Gasteiger partial charge in [-0.1, -0.05) is 55.1 Å². The van der Waals surface area contributed by atoms with Crippen molar-refractivity contribution in [3.8, 4) is 22.6 Å². The van der Waals surface area contributed by atoms with E-state index in [0.717, 1.165) is 27.1 Å². The molecular weight excluding hydrogens is 350 g/mol. The molecule has 138 valence electrons. The Balaban J connectivity index is 1.91. The highest BCUT2D eigenvalue weighted by Crippen LogP contribution is 2.44. The fourth-order valence-electron chi connectivity index (χ4n) is 3.52. The molecule has 0 atom stereocenters. The third kappa shape index (κ3) is 3.05. The van der Waals surface area contributed by atoms with Crippen LogP contribution in [0.15, 0.2) is 79.4 Å². The molecule has 0 fully saturated rings. The van der Waals surface area contributed by atoms with Crippen LogP contribution in [0.4, 0.5) is 0 Å². The molecule has 1 amide bonds. The third-order valence-electron chi connectivity index (χ3n) is 4.87. The standard InChI is InChI=1S/C24H19NO3/c1-2-22(28)25-14-15-7-10-19-17(13-15)9-12-21(27)24(19)23-18-6-4-3-5-16(18)8-11-20(23)26/h2-13,26-27H,1,14H2,(H,25,28). The molecule has 4 rings (SSSR count). The van der Waals surface area contributed by atoms with Crippen molar-refractivity contribution < 1.29 is 15.0 Å². The molecule has 0 radical (unpaired) electrons. The second-order valence-electron chi connectivity index (χ2n) is 6.62. The van der Waals surface area contributed by atoms with Gasteiger partial charge in [0, 0.05) is 17.7 Å². The van der Waals surface area contributed by atoms with E-state index in [1.54, 1.807) is 12.1 Å². The number of amides is 1. The lowest BCUT2D eigenvalue weighted by atomic mass is 9.91. The van der Waals surface area contributed by atoms with Gasteiger partial charge in [0.05, 0.1) is 0 Å². The number of rotatable bonds is 4. The van der Waals surface area contributed by atoms with Gasteiger partial charge in [-0.3, -0.25) is 4.79 Å². The fourth-order valence-corrected chi connectivity index (χ4v) is 3.52. The van der Waals surface area contributed by atoms with Crippen molar-refractivity contribution in [2.45, 2.75) is 6.54 Å². The van der Waals surface area contributed by atoms with Gasteiger partial charge in [-0.25, -0.2) is 0 Å². The maximum Gasteiger partial charge on any atom is 0.243 e. The van der Waals surface area contributed by atoms with E-state index in [9.17, 15) is 15.0 Å². The van der Waals surface area contributed by atoms with E-state index in [4.69, 9.17) is 0 Å². The highest BCUT2D eigenvalue weighted by atomic mass is 16.3. The molecule has 0 unspecified atom stereocenters. The molecule has 4 heteroatoms. The van der Waals surface area contributed by atoms with Gasteiger partial charge in [-0.05, 0) is 51.4 Å². The molecule has 0 saturated heterocycles. The number of benzene rings is 4. The van der Waals surface area contributed by atoms with Gasteiger partial charge in [0.15, 0.2) is 0 Å². The van der Waals surface area contributed by atoms with Crippen molar-refractivity contribution in [1.82, 2.24) is 5.32 Å². The smallest absolute Gasteiger partial charge is 0.243 e. The molecule has 0 heterocycles. The first-order valence-corrected chi connectivity index (χ1v) is 8.94. The first-order chi connectivity index (χ1) is 13.6. The number of phenols is 2. The number of hydrogen-bond acceptors (Lipinski definition) is 3. The second kappa shape index (κ2) is 7.08. The van der Waals surface area contributed by atoms with Crippen LogP contribution >= 0.6 is 0 Å². The number of aromatic hydroxyl groups is 2. The molecule has 0 bridgehead atoms. The largest absolute Gasteiger partial charge is 0.507 e. The third-order valence-corrected chi connectivity index (χ3v) is 4.87. The van der Waals surface area contributed by atoms with Crippen LogP contribution in [-0.4, -0.2) is 16.1 Å². The predicted molar refractivity (Wildman–Crippen MR) is 112 cm³/mol. The van der Waals surface area contributed by atoms with Gasteiger partial charge in [0.1, 0.15) is 11.5 Å². The molecule has 4 nitrogen and oxygen atoms in total. The van der Waals surface area contributed by atoms with E-state index in [0.29, 0.717) is 17.7 Å². The van der Waals surface area contributed by atoms with Crippen LogP contribution in [0.25, 0.3) is 32.7 Å². The molecule has 28 heavy (non-hydrogen) atoms. The highest BCUT2D eigenvalue weighted by Gasteiger charge is 2.16. The van der Waals surface area contributed by atoms with Gasteiger partial charge in [-0.15, -0.1) is 0 Å². The van der Waals surface area contributed by atoms with E-state index >= 15 is 0 Å². The quantitative estimate of drug-likeness (QED) is 0.449. The van der Waals surface area contributed by atoms with Crippen molar-refractivity contribution in [1.29, 1.82) is 0 Å². The minimum absolute atomic E-state index is 0.104. The van der Waals surface area contributed by atoms with E-state index in [2.05, 4.69) is 11.9 Å². The van der Waals surface area contributed by atoms with E-state index in [1.165, 1.54) is 6.08 Å². The number of carbonyl (C=O) groups is 1. The van der Waals surface area contributed by atoms with Gasteiger partial charge in [-0.2, -0.15) is 0 Å². The number of fused-ring (bicyclic) bond motifs is 2. The Bertz CT molecular complexity index is 1230. The SMILES string of the molecule is C=CC(=O)NCc1ccc2c(-c3c(O)ccc4ccccc34)c(O)ccc2c1. The Morgan fingerprint density at radius 3 is 2.21 bits per heavy atom. The van der Waals surface area contributed by atoms with Crippen molar-refractivity contribution in [2.24, 2.45) is 0 Å². The van der Waals surface area contributed by atoms with Gasteiger partial charge >= 0.3 is 0 Å². The first kappa shape index (κ1) is 17.6. The summed E-state index contributed by atoms with van der Waals surface area (Å²) in [7, 11) is 0. The Hall–Kier alpha value is -3.79. The van der Waals surface area contributed by atoms with Crippen molar-refractivity contribution in [3.05, 3.63) is 84.9 Å². The minimum atomic E-state index is -0.229. The summed E-state index contributed by atoms with van der Waals surface area (Å²) in [6.07, 6.45) is 1.24. The summed E-state index contributed by atoms with van der Waals surface area (Å²) in [4.78, 5) is 11.4. The average Bonchev–Trinajstić information content (AvgIpc) is 2.72. The highest BCUT2D eigenvalue weighted by molar-refractivity contribution is 6.09. The van der Waals surface area contributed by atoms with Crippen LogP contribution in [0.3, 0.4) is 0 Å². The molecule has 4 aromatic carbocycles. The molecule has 3 N–H and O–H groups in total. The summed E-state index contributed by atoms with van der Waals surface area (Å²) < 4.78 is 0. The second-order valence-corrected chi connectivity index (χ2v) is 6.62. The van der Waals surface area contributed by atoms with Crippen LogP contribution in [-0.2, 0) is 11.3 Å². The van der Waals surface area contributed by atoms with E-state index in [1.807, 2.05) is 54.6 Å². The lowest BCUT2D eigenvalue weighted by molar-refractivity contribution is -0.116. The summed E-state index contributed by atoms with van der Waals surface area (Å²) in [5.74, 6) is -0.0112. The molecule has 0 aliphatic carbocycles. The summed E-state index contributed by atoms with van der Waals surface area (Å²) in [6, 6.07) is 20.5. The molecule has 0 spiro atoms. The number of nitrogens with one attached hydrogen (secondary N) is 1. The van der Waals surface area contributed by atoms with Crippen molar-refractivity contribution >= 4 is 27.5 Å². The fraction of sp³-hybridized carbons (Fsp3) is 0.0417. The predicted octanol–water partition coefficient (Wildman–Crippen LogP) is 4.87. The molecule has 0 aliphatic heterocycles. The van der Waals surface area contributed by atoms with Gasteiger partial charge < -0.3 is 15.5 Å². The number of carbonyl (C=O) groups excluding carboxylic acids is 1. The maximum absolute atomic E-state index is 11.4. The molecule has 0 aromatic heterocycles. The van der Waals surface area contributed by atoms with Crippen LogP contribution < -0.4 is 5.32 Å². The zero-order valence-electron chi connectivity index (χ0n) is 15.1. The van der Waals surface area contributed by atoms with Crippen LogP contribution in [0.1, 0.15) is 5.56 Å². The first-order valence-electron chi connectivity index (χ1n) is 8.94. The lowest BCUT2D eigenvalue weighted by Crippen LogP contribution is -2.19. The van der Waals surface area contributed by atoms with Crippen molar-refractivity contribution in [2.75, 3.05) is 0 Å². The van der Waals surface area contributed by atoms with Crippen LogP contribution in [0.5, 0.6) is 11.5 Å². The van der Waals surface area contributed by atoms with Gasteiger partial charge in [0.2, 0.25) is 5.91 Å². The van der Waals surface area contributed by atoms with Gasteiger partial charge in [0.25, 0.3) is 0 Å². The monoisotopic (exact) mass is 369 g/mol. The summed E-state index contributed by atoms with van der Waals surface area (Å²) in [5.41, 5.74) is 2.13. The molecule has 0 saturated carbocycles. The Morgan fingerprint density at radius 1 is 0.857 bits per heavy atom. The number of hydrogen-bond donors (Lipinski definition) is 3. The maximum atomic E-state index is 11.4. The van der Waals surface area contributed by atoms with Crippen LogP contribution in [0.2, 0.25) is 0 Å². The Labute approximate surface area is 162 Å². The zero-order valence-corrected chi connectivity index (χ0v) is 15.1. The zero-order chi connectivity index (χ0) is 19.7. The molecular formula is C24H19NO3.